The quantitative estimate of drug-likeness (QED) is 0.447. The average molecular weight is 453 g/mol. The van der Waals surface area contributed by atoms with E-state index in [0.717, 1.165) is 27.3 Å². The first-order valence-electron chi connectivity index (χ1n) is 9.80. The van der Waals surface area contributed by atoms with Crippen LogP contribution in [0.15, 0.2) is 53.3 Å². The Hall–Kier alpha value is -4.41. The molecule has 0 unspecified atom stereocenters. The predicted molar refractivity (Wildman–Crippen MR) is 114 cm³/mol. The monoisotopic (exact) mass is 453 g/mol. The molecule has 0 spiro atoms. The van der Waals surface area contributed by atoms with Gasteiger partial charge in [0, 0.05) is 5.56 Å². The molecule has 0 saturated carbocycles. The lowest BCUT2D eigenvalue weighted by Gasteiger charge is -2.08. The number of nitrogens with two attached hydrogens (primary N) is 1. The van der Waals surface area contributed by atoms with Crippen LogP contribution in [0.3, 0.4) is 0 Å². The van der Waals surface area contributed by atoms with Gasteiger partial charge < -0.3 is 10.5 Å². The van der Waals surface area contributed by atoms with E-state index in [1.165, 1.54) is 30.3 Å². The number of ether oxygens (including phenoxy) is 1. The van der Waals surface area contributed by atoms with Crippen molar-refractivity contribution in [3.8, 4) is 17.1 Å². The van der Waals surface area contributed by atoms with Gasteiger partial charge in [-0.1, -0.05) is 12.1 Å². The topological polar surface area (TPSA) is 122 Å². The number of esters is 1. The maximum absolute atomic E-state index is 13.8. The van der Waals surface area contributed by atoms with Gasteiger partial charge in [0.05, 0.1) is 12.3 Å². The van der Waals surface area contributed by atoms with E-state index in [4.69, 9.17) is 10.5 Å². The van der Waals surface area contributed by atoms with Crippen molar-refractivity contribution in [2.45, 2.75) is 13.5 Å². The minimum absolute atomic E-state index is 0.0695. The largest absolute Gasteiger partial charge is 0.465 e. The minimum atomic E-state index is -0.992. The van der Waals surface area contributed by atoms with Crippen molar-refractivity contribution in [1.29, 1.82) is 0 Å². The number of imidazole rings is 1. The molecular weight excluding hydrogens is 436 g/mol. The third-order valence-corrected chi connectivity index (χ3v) is 4.76. The van der Waals surface area contributed by atoms with Crippen LogP contribution in [-0.4, -0.2) is 37.6 Å². The zero-order chi connectivity index (χ0) is 23.7. The summed E-state index contributed by atoms with van der Waals surface area (Å²) in [5, 5.41) is 0. The Morgan fingerprint density at radius 2 is 1.79 bits per heavy atom. The van der Waals surface area contributed by atoms with Crippen LogP contribution in [0.1, 0.15) is 17.4 Å². The zero-order valence-electron chi connectivity index (χ0n) is 17.3. The van der Waals surface area contributed by atoms with E-state index in [0.29, 0.717) is 0 Å². The number of hydrogen-bond donors (Lipinski definition) is 1. The van der Waals surface area contributed by atoms with Crippen LogP contribution in [0.4, 0.5) is 8.78 Å². The first-order chi connectivity index (χ1) is 15.8. The minimum Gasteiger partial charge on any atom is -0.465 e. The Balaban J connectivity index is 2.09. The van der Waals surface area contributed by atoms with Gasteiger partial charge in [0.1, 0.15) is 23.7 Å². The number of rotatable bonds is 6. The van der Waals surface area contributed by atoms with Crippen LogP contribution in [0.25, 0.3) is 28.2 Å². The normalized spacial score (nSPS) is 11.0. The van der Waals surface area contributed by atoms with Crippen LogP contribution in [0.2, 0.25) is 0 Å². The van der Waals surface area contributed by atoms with Gasteiger partial charge in [0.25, 0.3) is 5.91 Å². The number of carbonyl (C=O) groups excluding carboxylic acids is 2. The number of primary amides is 1. The van der Waals surface area contributed by atoms with Gasteiger partial charge in [0.15, 0.2) is 17.2 Å². The summed E-state index contributed by atoms with van der Waals surface area (Å²) in [5.74, 6) is -2.89. The molecule has 1 amide bonds. The molecule has 0 aliphatic rings. The molecule has 4 rings (SSSR count). The molecule has 0 aliphatic carbocycles. The number of carbonyl (C=O) groups is 2. The number of nitrogens with zero attached hydrogens (tertiary/aromatic N) is 4. The summed E-state index contributed by atoms with van der Waals surface area (Å²) in [7, 11) is 0. The van der Waals surface area contributed by atoms with Crippen LogP contribution >= 0.6 is 0 Å². The second-order valence-electron chi connectivity index (χ2n) is 6.93. The fraction of sp³-hybridized carbons (Fsp3) is 0.136. The third-order valence-electron chi connectivity index (χ3n) is 4.76. The molecule has 2 aromatic carbocycles. The highest BCUT2D eigenvalue weighted by molar-refractivity contribution is 6.02. The van der Waals surface area contributed by atoms with Crippen molar-refractivity contribution < 1.29 is 23.1 Å². The second kappa shape index (κ2) is 8.61. The molecule has 2 aromatic heterocycles. The predicted octanol–water partition coefficient (Wildman–Crippen LogP) is 2.19. The summed E-state index contributed by atoms with van der Waals surface area (Å²) < 4.78 is 34.3. The summed E-state index contributed by atoms with van der Waals surface area (Å²) in [6.45, 7) is 1.14. The second-order valence-corrected chi connectivity index (χ2v) is 6.93. The van der Waals surface area contributed by atoms with Crippen LogP contribution in [0.5, 0.6) is 0 Å². The highest BCUT2D eigenvalue weighted by atomic mass is 19.1. The number of benzene rings is 2. The Bertz CT molecular complexity index is 1440. The van der Waals surface area contributed by atoms with E-state index in [1.54, 1.807) is 6.92 Å². The summed E-state index contributed by atoms with van der Waals surface area (Å²) in [4.78, 5) is 46.3. The molecule has 0 radical (unpaired) electrons. The van der Waals surface area contributed by atoms with Crippen LogP contribution < -0.4 is 11.4 Å². The molecule has 2 heterocycles. The molecule has 0 atom stereocenters. The van der Waals surface area contributed by atoms with Crippen molar-refractivity contribution in [3.63, 3.8) is 0 Å². The molecule has 0 saturated heterocycles. The Morgan fingerprint density at radius 3 is 2.42 bits per heavy atom. The van der Waals surface area contributed by atoms with Gasteiger partial charge in [-0.2, -0.15) is 0 Å². The lowest BCUT2D eigenvalue weighted by Crippen LogP contribution is -2.28. The molecule has 2 N–H and O–H groups in total. The lowest BCUT2D eigenvalue weighted by molar-refractivity contribution is -0.143. The van der Waals surface area contributed by atoms with Crippen LogP contribution in [0, 0.1) is 11.6 Å². The fourth-order valence-corrected chi connectivity index (χ4v) is 3.39. The molecule has 168 valence electrons. The molecule has 9 nitrogen and oxygen atoms in total. The highest BCUT2D eigenvalue weighted by Crippen LogP contribution is 2.24. The van der Waals surface area contributed by atoms with Gasteiger partial charge >= 0.3 is 11.7 Å². The Kier molecular flexibility index (Phi) is 5.69. The van der Waals surface area contributed by atoms with Gasteiger partial charge in [-0.3, -0.25) is 14.2 Å². The van der Waals surface area contributed by atoms with E-state index in [1.807, 2.05) is 0 Å². The number of fused-ring (bicyclic) bond motifs is 1. The van der Waals surface area contributed by atoms with Crippen molar-refractivity contribution in [2.75, 3.05) is 6.61 Å². The number of aromatic nitrogens is 4. The first-order valence-corrected chi connectivity index (χ1v) is 9.80. The lowest BCUT2D eigenvalue weighted by atomic mass is 10.2. The summed E-state index contributed by atoms with van der Waals surface area (Å²) in [6, 6.07) is 10.3. The molecule has 0 bridgehead atoms. The molecule has 11 heteroatoms. The molecule has 33 heavy (non-hydrogen) atoms. The maximum atomic E-state index is 13.8. The zero-order valence-corrected chi connectivity index (χ0v) is 17.3. The Morgan fingerprint density at radius 1 is 1.06 bits per heavy atom. The number of amides is 1. The van der Waals surface area contributed by atoms with Crippen LogP contribution in [-0.2, 0) is 16.1 Å². The number of halogens is 2. The molecule has 0 aliphatic heterocycles. The maximum Gasteiger partial charge on any atom is 0.335 e. The summed E-state index contributed by atoms with van der Waals surface area (Å²) in [5.41, 5.74) is 4.71. The Labute approximate surface area is 185 Å². The van der Waals surface area contributed by atoms with E-state index in [9.17, 15) is 23.2 Å². The van der Waals surface area contributed by atoms with E-state index < -0.39 is 35.7 Å². The van der Waals surface area contributed by atoms with Gasteiger partial charge in [0.2, 0.25) is 0 Å². The standard InChI is InChI=1S/C22H17F2N5O4/c1-2-33-16(30)11-28-18-17(19(25)31)26-20(12-4-3-5-14(24)10-12)27-21(18)29(22(28)32)15-8-6-13(23)7-9-15/h3-10H,2,11H2,1H3,(H2,25,31). The molecular formula is C22H17F2N5O4. The van der Waals surface area contributed by atoms with Gasteiger partial charge in [-0.15, -0.1) is 0 Å². The first kappa shape index (κ1) is 21.8. The molecule has 4 aromatic rings. The van der Waals surface area contributed by atoms with E-state index in [-0.39, 0.29) is 40.5 Å². The molecule has 0 fully saturated rings. The SMILES string of the molecule is CCOC(=O)Cn1c(=O)n(-c2ccc(F)cc2)c2nc(-c3cccc(F)c3)nc(C(N)=O)c21. The summed E-state index contributed by atoms with van der Waals surface area (Å²) >= 11 is 0. The van der Waals surface area contributed by atoms with Gasteiger partial charge in [-0.25, -0.2) is 28.1 Å². The van der Waals surface area contributed by atoms with E-state index in [2.05, 4.69) is 9.97 Å². The average Bonchev–Trinajstić information content (AvgIpc) is 3.05. The van der Waals surface area contributed by atoms with Crippen molar-refractivity contribution in [1.82, 2.24) is 19.1 Å². The number of hydrogen-bond acceptors (Lipinski definition) is 6. The van der Waals surface area contributed by atoms with Gasteiger partial charge in [-0.05, 0) is 43.3 Å². The third kappa shape index (κ3) is 4.07. The van der Waals surface area contributed by atoms with Crippen molar-refractivity contribution in [3.05, 3.63) is 76.3 Å². The van der Waals surface area contributed by atoms with E-state index >= 15 is 0 Å². The summed E-state index contributed by atoms with van der Waals surface area (Å²) in [6.07, 6.45) is 0. The smallest absolute Gasteiger partial charge is 0.335 e. The highest BCUT2D eigenvalue weighted by Gasteiger charge is 2.25. The fourth-order valence-electron chi connectivity index (χ4n) is 3.39. The van der Waals surface area contributed by atoms with Crippen molar-refractivity contribution in [2.24, 2.45) is 5.73 Å². The van der Waals surface area contributed by atoms with Crippen molar-refractivity contribution >= 4 is 23.0 Å².